The maximum atomic E-state index is 5.80. The fourth-order valence-corrected chi connectivity index (χ4v) is 3.62. The van der Waals surface area contributed by atoms with E-state index in [-0.39, 0.29) is 0 Å². The molecule has 1 saturated heterocycles. The number of thioether (sulfide) groups is 1. The zero-order valence-electron chi connectivity index (χ0n) is 13.3. The van der Waals surface area contributed by atoms with Gasteiger partial charge in [-0.2, -0.15) is 11.8 Å². The maximum Gasteiger partial charge on any atom is 0.119 e. The summed E-state index contributed by atoms with van der Waals surface area (Å²) < 4.78 is 6.24. The summed E-state index contributed by atoms with van der Waals surface area (Å²) in [5.74, 6) is 2.19. The first-order valence-corrected chi connectivity index (χ1v) is 8.86. The molecule has 0 saturated carbocycles. The number of benzene rings is 1. The average molecular weight is 308 g/mol. The highest BCUT2D eigenvalue weighted by molar-refractivity contribution is 8.00. The normalized spacial score (nSPS) is 19.2. The molecule has 0 amide bonds. The van der Waals surface area contributed by atoms with E-state index in [1.807, 2.05) is 24.3 Å². The lowest BCUT2D eigenvalue weighted by molar-refractivity contribution is 0.240. The van der Waals surface area contributed by atoms with E-state index < -0.39 is 0 Å². The molecule has 0 bridgehead atoms. The quantitative estimate of drug-likeness (QED) is 0.820. The van der Waals surface area contributed by atoms with E-state index in [1.165, 1.54) is 25.3 Å². The fourth-order valence-electron chi connectivity index (χ4n) is 2.49. The molecular formula is C17H28N2OS. The van der Waals surface area contributed by atoms with Crippen LogP contribution in [0, 0.1) is 0 Å². The molecule has 4 heteroatoms. The van der Waals surface area contributed by atoms with E-state index in [4.69, 9.17) is 10.5 Å². The van der Waals surface area contributed by atoms with Crippen molar-refractivity contribution in [2.75, 3.05) is 32.0 Å². The Bertz CT molecular complexity index is 419. The summed E-state index contributed by atoms with van der Waals surface area (Å²) in [5.41, 5.74) is 6.73. The minimum absolute atomic E-state index is 0.440. The first-order chi connectivity index (χ1) is 10.1. The average Bonchev–Trinajstić information content (AvgIpc) is 2.65. The monoisotopic (exact) mass is 308 g/mol. The predicted octanol–water partition coefficient (Wildman–Crippen LogP) is 3.13. The van der Waals surface area contributed by atoms with Gasteiger partial charge in [-0.05, 0) is 37.1 Å². The van der Waals surface area contributed by atoms with E-state index >= 15 is 0 Å². The topological polar surface area (TPSA) is 38.5 Å². The van der Waals surface area contributed by atoms with Crippen LogP contribution in [-0.4, -0.2) is 41.6 Å². The van der Waals surface area contributed by atoms with Crippen molar-refractivity contribution in [3.63, 3.8) is 0 Å². The molecule has 0 aromatic heterocycles. The second-order valence-electron chi connectivity index (χ2n) is 6.25. The Labute approximate surface area is 133 Å². The first kappa shape index (κ1) is 16.7. The standard InChI is InChI=1S/C17H28N2OS/c1-17(2)8-10-19(11-13-21-17)9-3-12-20-16-6-4-15(14-18)5-7-16/h4-7H,3,8-14,18H2,1-2H3. The van der Waals surface area contributed by atoms with Crippen LogP contribution in [0.15, 0.2) is 24.3 Å². The lowest BCUT2D eigenvalue weighted by Gasteiger charge is -2.22. The SMILES string of the molecule is CC1(C)CCN(CCCOc2ccc(CN)cc2)CCS1. The summed E-state index contributed by atoms with van der Waals surface area (Å²) in [7, 11) is 0. The number of nitrogens with two attached hydrogens (primary N) is 1. The Morgan fingerprint density at radius 2 is 2.00 bits per heavy atom. The van der Waals surface area contributed by atoms with E-state index in [1.54, 1.807) is 0 Å². The third-order valence-electron chi connectivity index (χ3n) is 3.98. The summed E-state index contributed by atoms with van der Waals surface area (Å²) in [6.07, 6.45) is 2.36. The molecular weight excluding hydrogens is 280 g/mol. The molecule has 3 nitrogen and oxygen atoms in total. The van der Waals surface area contributed by atoms with Crippen LogP contribution in [0.2, 0.25) is 0 Å². The molecule has 2 N–H and O–H groups in total. The molecule has 1 fully saturated rings. The van der Waals surface area contributed by atoms with Crippen molar-refractivity contribution in [3.8, 4) is 5.75 Å². The Kier molecular flexibility index (Phi) is 6.40. The maximum absolute atomic E-state index is 5.80. The van der Waals surface area contributed by atoms with Gasteiger partial charge in [0.1, 0.15) is 5.75 Å². The predicted molar refractivity (Wildman–Crippen MR) is 92.0 cm³/mol. The zero-order valence-corrected chi connectivity index (χ0v) is 14.1. The number of hydrogen-bond acceptors (Lipinski definition) is 4. The van der Waals surface area contributed by atoms with E-state index in [0.29, 0.717) is 11.3 Å². The van der Waals surface area contributed by atoms with Crippen LogP contribution < -0.4 is 10.5 Å². The van der Waals surface area contributed by atoms with Crippen LogP contribution in [0.3, 0.4) is 0 Å². The Morgan fingerprint density at radius 1 is 1.24 bits per heavy atom. The molecule has 1 aromatic carbocycles. The van der Waals surface area contributed by atoms with Crippen molar-refractivity contribution in [3.05, 3.63) is 29.8 Å². The number of nitrogens with zero attached hydrogens (tertiary/aromatic N) is 1. The van der Waals surface area contributed by atoms with Gasteiger partial charge in [-0.15, -0.1) is 0 Å². The number of hydrogen-bond donors (Lipinski definition) is 1. The van der Waals surface area contributed by atoms with Crippen LogP contribution in [0.25, 0.3) is 0 Å². The van der Waals surface area contributed by atoms with Crippen molar-refractivity contribution in [2.24, 2.45) is 5.73 Å². The van der Waals surface area contributed by atoms with Crippen LogP contribution in [-0.2, 0) is 6.54 Å². The smallest absolute Gasteiger partial charge is 0.119 e. The zero-order chi connectivity index (χ0) is 15.1. The molecule has 0 atom stereocenters. The van der Waals surface area contributed by atoms with Gasteiger partial charge in [0, 0.05) is 30.1 Å². The van der Waals surface area contributed by atoms with Crippen molar-refractivity contribution in [1.29, 1.82) is 0 Å². The molecule has 0 radical (unpaired) electrons. The van der Waals surface area contributed by atoms with E-state index in [2.05, 4.69) is 30.5 Å². The van der Waals surface area contributed by atoms with Crippen molar-refractivity contribution >= 4 is 11.8 Å². The molecule has 1 aromatic rings. The van der Waals surface area contributed by atoms with Gasteiger partial charge in [0.2, 0.25) is 0 Å². The summed E-state index contributed by atoms with van der Waals surface area (Å²) in [6, 6.07) is 8.08. The molecule has 1 aliphatic heterocycles. The second kappa shape index (κ2) is 8.06. The van der Waals surface area contributed by atoms with Crippen LogP contribution in [0.1, 0.15) is 32.3 Å². The molecule has 21 heavy (non-hydrogen) atoms. The van der Waals surface area contributed by atoms with E-state index in [0.717, 1.165) is 30.9 Å². The molecule has 1 heterocycles. The summed E-state index contributed by atoms with van der Waals surface area (Å²) >= 11 is 2.10. The largest absolute Gasteiger partial charge is 0.494 e. The third-order valence-corrected chi connectivity index (χ3v) is 5.35. The highest BCUT2D eigenvalue weighted by atomic mass is 32.2. The van der Waals surface area contributed by atoms with Gasteiger partial charge >= 0.3 is 0 Å². The van der Waals surface area contributed by atoms with Crippen molar-refractivity contribution in [1.82, 2.24) is 4.90 Å². The summed E-state index contributed by atoms with van der Waals surface area (Å²) in [6.45, 7) is 9.64. The number of ether oxygens (including phenoxy) is 1. The Hall–Kier alpha value is -0.710. The van der Waals surface area contributed by atoms with Gasteiger partial charge in [0.05, 0.1) is 6.61 Å². The van der Waals surface area contributed by atoms with Crippen LogP contribution in [0.5, 0.6) is 5.75 Å². The molecule has 118 valence electrons. The molecule has 1 aliphatic rings. The van der Waals surface area contributed by atoms with Gasteiger partial charge in [-0.3, -0.25) is 0 Å². The van der Waals surface area contributed by atoms with Crippen LogP contribution in [0.4, 0.5) is 0 Å². The van der Waals surface area contributed by atoms with Gasteiger partial charge in [-0.25, -0.2) is 0 Å². The van der Waals surface area contributed by atoms with Crippen molar-refractivity contribution < 1.29 is 4.74 Å². The first-order valence-electron chi connectivity index (χ1n) is 7.87. The Balaban J connectivity index is 1.65. The number of rotatable bonds is 6. The summed E-state index contributed by atoms with van der Waals surface area (Å²) in [5, 5.41) is 0. The van der Waals surface area contributed by atoms with Gasteiger partial charge in [0.25, 0.3) is 0 Å². The highest BCUT2D eigenvalue weighted by Crippen LogP contribution is 2.30. The Morgan fingerprint density at radius 3 is 2.71 bits per heavy atom. The molecule has 2 rings (SSSR count). The van der Waals surface area contributed by atoms with Gasteiger partial charge in [-0.1, -0.05) is 26.0 Å². The fraction of sp³-hybridized carbons (Fsp3) is 0.647. The minimum atomic E-state index is 0.440. The van der Waals surface area contributed by atoms with Crippen LogP contribution >= 0.6 is 11.8 Å². The third kappa shape index (κ3) is 5.89. The molecule has 0 unspecified atom stereocenters. The van der Waals surface area contributed by atoms with Crippen molar-refractivity contribution in [2.45, 2.75) is 38.0 Å². The highest BCUT2D eigenvalue weighted by Gasteiger charge is 2.23. The lowest BCUT2D eigenvalue weighted by Crippen LogP contribution is -2.29. The summed E-state index contributed by atoms with van der Waals surface area (Å²) in [4.78, 5) is 2.57. The van der Waals surface area contributed by atoms with Gasteiger partial charge in [0.15, 0.2) is 0 Å². The molecule has 0 aliphatic carbocycles. The van der Waals surface area contributed by atoms with Gasteiger partial charge < -0.3 is 15.4 Å². The molecule has 0 spiro atoms. The lowest BCUT2D eigenvalue weighted by atomic mass is 10.1. The second-order valence-corrected chi connectivity index (χ2v) is 8.05. The van der Waals surface area contributed by atoms with E-state index in [9.17, 15) is 0 Å². The minimum Gasteiger partial charge on any atom is -0.494 e.